The molecule has 0 saturated heterocycles. The first-order valence-corrected chi connectivity index (χ1v) is 10.8. The second-order valence-electron chi connectivity index (χ2n) is 7.95. The number of nitrogens with one attached hydrogen (secondary N) is 3. The second-order valence-corrected chi connectivity index (χ2v) is 7.95. The molecular formula is C28H25N3O. The third-order valence-electron chi connectivity index (χ3n) is 6.01. The van der Waals surface area contributed by atoms with E-state index in [4.69, 9.17) is 0 Å². The maximum atomic E-state index is 13.7. The van der Waals surface area contributed by atoms with Crippen LogP contribution in [-0.2, 0) is 12.1 Å². The lowest BCUT2D eigenvalue weighted by Crippen LogP contribution is -2.47. The quantitative estimate of drug-likeness (QED) is 0.404. The van der Waals surface area contributed by atoms with E-state index in [1.54, 1.807) is 0 Å². The van der Waals surface area contributed by atoms with E-state index in [1.807, 2.05) is 72.8 Å². The minimum Gasteiger partial charge on any atom is -0.372 e. The van der Waals surface area contributed by atoms with Crippen molar-refractivity contribution >= 4 is 11.6 Å². The van der Waals surface area contributed by atoms with E-state index < -0.39 is 5.54 Å². The van der Waals surface area contributed by atoms with Crippen molar-refractivity contribution in [2.45, 2.75) is 12.1 Å². The SMILES string of the molecule is O=C(NC(c1ccccc1)(c1ccccc1)c1ccccc1)c1ccc2c(c1)NCNC2. The average Bonchev–Trinajstić information content (AvgIpc) is 2.88. The maximum absolute atomic E-state index is 13.7. The molecule has 32 heavy (non-hydrogen) atoms. The van der Waals surface area contributed by atoms with Gasteiger partial charge in [-0.05, 0) is 34.4 Å². The van der Waals surface area contributed by atoms with Crippen LogP contribution >= 0.6 is 0 Å². The second kappa shape index (κ2) is 8.69. The molecule has 1 aliphatic heterocycles. The van der Waals surface area contributed by atoms with Gasteiger partial charge in [0.2, 0.25) is 0 Å². The largest absolute Gasteiger partial charge is 0.372 e. The van der Waals surface area contributed by atoms with Crippen LogP contribution in [0.1, 0.15) is 32.6 Å². The first-order chi connectivity index (χ1) is 15.8. The minimum atomic E-state index is -0.828. The molecular weight excluding hydrogens is 394 g/mol. The van der Waals surface area contributed by atoms with Crippen LogP contribution in [0.3, 0.4) is 0 Å². The molecule has 1 amide bonds. The summed E-state index contributed by atoms with van der Waals surface area (Å²) in [6.07, 6.45) is 0. The van der Waals surface area contributed by atoms with Gasteiger partial charge in [0.05, 0.1) is 6.67 Å². The van der Waals surface area contributed by atoms with E-state index in [2.05, 4.69) is 52.3 Å². The van der Waals surface area contributed by atoms with Crippen molar-refractivity contribution < 1.29 is 4.79 Å². The Morgan fingerprint density at radius 2 is 1.25 bits per heavy atom. The number of hydrogen-bond donors (Lipinski definition) is 3. The van der Waals surface area contributed by atoms with Crippen LogP contribution in [0.4, 0.5) is 5.69 Å². The van der Waals surface area contributed by atoms with Gasteiger partial charge < -0.3 is 10.6 Å². The molecule has 4 heteroatoms. The summed E-state index contributed by atoms with van der Waals surface area (Å²) in [6, 6.07) is 36.3. The van der Waals surface area contributed by atoms with E-state index in [1.165, 1.54) is 0 Å². The van der Waals surface area contributed by atoms with E-state index in [0.717, 1.165) is 34.5 Å². The van der Waals surface area contributed by atoms with Crippen LogP contribution in [-0.4, -0.2) is 12.6 Å². The van der Waals surface area contributed by atoms with Crippen molar-refractivity contribution in [3.05, 3.63) is 137 Å². The molecule has 0 spiro atoms. The molecule has 4 aromatic carbocycles. The predicted octanol–water partition coefficient (Wildman–Crippen LogP) is 4.88. The molecule has 158 valence electrons. The Kier molecular flexibility index (Phi) is 5.44. The highest BCUT2D eigenvalue weighted by Gasteiger charge is 2.38. The van der Waals surface area contributed by atoms with Gasteiger partial charge in [-0.3, -0.25) is 10.1 Å². The summed E-state index contributed by atoms with van der Waals surface area (Å²) in [7, 11) is 0. The minimum absolute atomic E-state index is 0.121. The molecule has 0 bridgehead atoms. The molecule has 1 aliphatic rings. The Morgan fingerprint density at radius 3 is 1.78 bits per heavy atom. The Bertz CT molecular complexity index is 1110. The zero-order valence-electron chi connectivity index (χ0n) is 17.7. The highest BCUT2D eigenvalue weighted by molar-refractivity contribution is 5.96. The van der Waals surface area contributed by atoms with Crippen LogP contribution < -0.4 is 16.0 Å². The molecule has 0 aromatic heterocycles. The molecule has 5 rings (SSSR count). The van der Waals surface area contributed by atoms with E-state index in [0.29, 0.717) is 12.2 Å². The number of amides is 1. The molecule has 4 nitrogen and oxygen atoms in total. The number of rotatable bonds is 5. The van der Waals surface area contributed by atoms with Gasteiger partial charge in [0.1, 0.15) is 5.54 Å². The smallest absolute Gasteiger partial charge is 0.252 e. The average molecular weight is 420 g/mol. The number of carbonyl (C=O) groups is 1. The monoisotopic (exact) mass is 419 g/mol. The van der Waals surface area contributed by atoms with Crippen molar-refractivity contribution in [3.63, 3.8) is 0 Å². The van der Waals surface area contributed by atoms with Crippen molar-refractivity contribution in [1.29, 1.82) is 0 Å². The summed E-state index contributed by atoms with van der Waals surface area (Å²) in [5.41, 5.74) is 4.98. The molecule has 0 atom stereocenters. The van der Waals surface area contributed by atoms with E-state index >= 15 is 0 Å². The predicted molar refractivity (Wildman–Crippen MR) is 128 cm³/mol. The standard InChI is InChI=1S/C28H25N3O/c32-27(21-16-17-22-19-29-20-30-26(22)18-21)31-28(23-10-4-1-5-11-23,24-12-6-2-7-13-24)25-14-8-3-9-15-25/h1-18,29-30H,19-20H2,(H,31,32). The lowest BCUT2D eigenvalue weighted by atomic mass is 9.76. The molecule has 0 fully saturated rings. The third kappa shape index (κ3) is 3.66. The van der Waals surface area contributed by atoms with Gasteiger partial charge in [0.25, 0.3) is 5.91 Å². The highest BCUT2D eigenvalue weighted by atomic mass is 16.1. The number of carbonyl (C=O) groups excluding carboxylic acids is 1. The summed E-state index contributed by atoms with van der Waals surface area (Å²) >= 11 is 0. The first-order valence-electron chi connectivity index (χ1n) is 10.8. The highest BCUT2D eigenvalue weighted by Crippen LogP contribution is 2.37. The Morgan fingerprint density at radius 1 is 0.719 bits per heavy atom. The normalized spacial score (nSPS) is 13.0. The fraction of sp³-hybridized carbons (Fsp3) is 0.107. The number of benzene rings is 4. The fourth-order valence-corrected chi connectivity index (χ4v) is 4.41. The molecule has 3 N–H and O–H groups in total. The number of hydrogen-bond acceptors (Lipinski definition) is 3. The molecule has 0 saturated carbocycles. The van der Waals surface area contributed by atoms with Crippen LogP contribution in [0.5, 0.6) is 0 Å². The van der Waals surface area contributed by atoms with Crippen LogP contribution in [0, 0.1) is 0 Å². The van der Waals surface area contributed by atoms with Gasteiger partial charge in [-0.25, -0.2) is 0 Å². The van der Waals surface area contributed by atoms with Crippen LogP contribution in [0.15, 0.2) is 109 Å². The molecule has 0 radical (unpaired) electrons. The van der Waals surface area contributed by atoms with Crippen molar-refractivity contribution in [3.8, 4) is 0 Å². The lowest BCUT2D eigenvalue weighted by Gasteiger charge is -2.37. The summed E-state index contributed by atoms with van der Waals surface area (Å²) in [6.45, 7) is 1.49. The van der Waals surface area contributed by atoms with Gasteiger partial charge in [-0.15, -0.1) is 0 Å². The van der Waals surface area contributed by atoms with E-state index in [-0.39, 0.29) is 5.91 Å². The molecule has 0 unspecified atom stereocenters. The zero-order valence-corrected chi connectivity index (χ0v) is 17.7. The van der Waals surface area contributed by atoms with Crippen LogP contribution in [0.25, 0.3) is 0 Å². The Labute approximate surface area is 188 Å². The fourth-order valence-electron chi connectivity index (χ4n) is 4.41. The lowest BCUT2D eigenvalue weighted by molar-refractivity contribution is 0.0925. The van der Waals surface area contributed by atoms with Gasteiger partial charge >= 0.3 is 0 Å². The molecule has 0 aliphatic carbocycles. The topological polar surface area (TPSA) is 53.2 Å². The van der Waals surface area contributed by atoms with Gasteiger partial charge in [0, 0.05) is 17.8 Å². The van der Waals surface area contributed by atoms with Gasteiger partial charge in [0.15, 0.2) is 0 Å². The first kappa shape index (κ1) is 20.0. The maximum Gasteiger partial charge on any atom is 0.252 e. The number of fused-ring (bicyclic) bond motifs is 1. The van der Waals surface area contributed by atoms with Crippen molar-refractivity contribution in [2.75, 3.05) is 12.0 Å². The molecule has 4 aromatic rings. The molecule has 1 heterocycles. The number of anilines is 1. The summed E-state index contributed by atoms with van der Waals surface area (Å²) in [4.78, 5) is 13.7. The zero-order chi connectivity index (χ0) is 21.8. The van der Waals surface area contributed by atoms with Crippen molar-refractivity contribution in [1.82, 2.24) is 10.6 Å². The van der Waals surface area contributed by atoms with Crippen LogP contribution in [0.2, 0.25) is 0 Å². The summed E-state index contributed by atoms with van der Waals surface area (Å²) < 4.78 is 0. The van der Waals surface area contributed by atoms with Gasteiger partial charge in [-0.1, -0.05) is 97.1 Å². The van der Waals surface area contributed by atoms with Gasteiger partial charge in [-0.2, -0.15) is 0 Å². The van der Waals surface area contributed by atoms with Crippen molar-refractivity contribution in [2.24, 2.45) is 0 Å². The Balaban J connectivity index is 1.65. The summed E-state index contributed by atoms with van der Waals surface area (Å²) in [5.74, 6) is -0.121. The third-order valence-corrected chi connectivity index (χ3v) is 6.01. The summed E-state index contributed by atoms with van der Waals surface area (Å²) in [5, 5.41) is 10.0. The van der Waals surface area contributed by atoms with E-state index in [9.17, 15) is 4.79 Å². The Hall–Kier alpha value is -3.89.